The van der Waals surface area contributed by atoms with Crippen LogP contribution in [-0.2, 0) is 24.0 Å². The molecule has 1 saturated carbocycles. The number of cyclic esters (lactones) is 1. The zero-order chi connectivity index (χ0) is 39.1. The van der Waals surface area contributed by atoms with Crippen molar-refractivity contribution in [1.82, 2.24) is 34.5 Å². The van der Waals surface area contributed by atoms with Crippen molar-refractivity contribution in [2.24, 2.45) is 0 Å². The number of anilines is 1. The summed E-state index contributed by atoms with van der Waals surface area (Å²) >= 11 is 0. The van der Waals surface area contributed by atoms with Gasteiger partial charge in [0.1, 0.15) is 35.6 Å². The third kappa shape index (κ3) is 7.31. The molecule has 0 saturated heterocycles. The highest BCUT2D eigenvalue weighted by molar-refractivity contribution is 6.05. The molecule has 0 spiro atoms. The first-order chi connectivity index (χ1) is 27.0. The highest BCUT2D eigenvalue weighted by atomic mass is 19.4. The quantitative estimate of drug-likeness (QED) is 0.0937. The third-order valence-electron chi connectivity index (χ3n) is 9.57. The van der Waals surface area contributed by atoms with E-state index in [1.54, 1.807) is 85.5 Å². The Morgan fingerprint density at radius 3 is 2.41 bits per heavy atom. The van der Waals surface area contributed by atoms with E-state index in [9.17, 15) is 18.0 Å². The number of nitrogens with zero attached hydrogens (tertiary/aromatic N) is 8. The Labute approximate surface area is 318 Å². The number of methoxy groups -OCH3 is 1. The number of aromatic nitrogens is 7. The fourth-order valence-electron chi connectivity index (χ4n) is 6.64. The highest BCUT2D eigenvalue weighted by Gasteiger charge is 2.35. The van der Waals surface area contributed by atoms with Gasteiger partial charge in [-0.15, -0.1) is 0 Å². The van der Waals surface area contributed by atoms with E-state index < -0.39 is 23.7 Å². The molecule has 0 unspecified atom stereocenters. The lowest BCUT2D eigenvalue weighted by Crippen LogP contribution is -2.25. The molecule has 6 aromatic rings. The van der Waals surface area contributed by atoms with Crippen molar-refractivity contribution in [2.45, 2.75) is 57.9 Å². The molecule has 0 N–H and O–H groups in total. The molecule has 0 atom stereocenters. The normalized spacial score (nSPS) is 14.6. The van der Waals surface area contributed by atoms with Crippen LogP contribution in [0, 0.1) is 5.82 Å². The highest BCUT2D eigenvalue weighted by Crippen LogP contribution is 2.45. The molecule has 8 rings (SSSR count). The van der Waals surface area contributed by atoms with Gasteiger partial charge in [-0.2, -0.15) is 18.2 Å². The zero-order valence-electron chi connectivity index (χ0n) is 30.5. The molecule has 3 aromatic carbocycles. The first-order valence-electron chi connectivity index (χ1n) is 17.9. The van der Waals surface area contributed by atoms with Crippen molar-refractivity contribution in [1.29, 1.82) is 0 Å². The van der Waals surface area contributed by atoms with Crippen LogP contribution in [0.4, 0.5) is 23.5 Å². The van der Waals surface area contributed by atoms with Gasteiger partial charge in [0, 0.05) is 47.9 Å². The average molecular weight is 763 g/mol. The van der Waals surface area contributed by atoms with Crippen molar-refractivity contribution < 1.29 is 31.8 Å². The molecule has 0 radical (unpaired) electrons. The molecule has 0 bridgehead atoms. The predicted octanol–water partition coefficient (Wildman–Crippen LogP) is 8.69. The van der Waals surface area contributed by atoms with Crippen LogP contribution in [0.2, 0.25) is 0 Å². The number of imidazole rings is 1. The second kappa shape index (κ2) is 14.6. The third-order valence-corrected chi connectivity index (χ3v) is 9.57. The molecule has 284 valence electrons. The Morgan fingerprint density at radius 2 is 1.70 bits per heavy atom. The van der Waals surface area contributed by atoms with Gasteiger partial charge >= 0.3 is 12.1 Å². The van der Waals surface area contributed by atoms with Crippen LogP contribution in [0.5, 0.6) is 5.88 Å². The predicted molar refractivity (Wildman–Crippen MR) is 198 cm³/mol. The summed E-state index contributed by atoms with van der Waals surface area (Å²) in [5.41, 5.74) is 3.57. The summed E-state index contributed by atoms with van der Waals surface area (Å²) < 4.78 is 69.2. The van der Waals surface area contributed by atoms with Crippen LogP contribution < -0.4 is 9.64 Å². The average Bonchev–Trinajstić information content (AvgIpc) is 3.85. The molecule has 1 aliphatic heterocycles. The van der Waals surface area contributed by atoms with Gasteiger partial charge < -0.3 is 18.9 Å². The summed E-state index contributed by atoms with van der Waals surface area (Å²) in [5.74, 6) is 0.634. The summed E-state index contributed by atoms with van der Waals surface area (Å²) in [7, 11) is 1.51. The molecule has 1 aliphatic carbocycles. The monoisotopic (exact) mass is 762 g/mol. The number of halogens is 4. The van der Waals surface area contributed by atoms with E-state index in [0.29, 0.717) is 45.0 Å². The SMILES string of the molecule is COc1ncnc(C2CC2)c1-c1ncnc(N(Cc2ccc(-c3nc(C(F)(F)F)cn3C(C)C)cc2)Cc2cc(/C=C3\OC(=O)c4ccccc43)ccc2F)n1. The maximum Gasteiger partial charge on any atom is 0.434 e. The van der Waals surface area contributed by atoms with Crippen molar-refractivity contribution >= 4 is 23.8 Å². The number of hydrogen-bond donors (Lipinski definition) is 0. The second-order valence-electron chi connectivity index (χ2n) is 13.8. The fraction of sp³-hybridized carbons (Fsp3) is 0.244. The standard InChI is InChI=1S/C41H34F4N8O3/c1-23(2)53-20-33(41(43,44)45)50-37(53)27-11-8-24(9-12-27)18-52(40-49-22-47-36(51-40)34-35(26-13-14-26)46-21-48-38(34)55-3)19-28-16-25(10-15-31(28)42)17-32-29-6-4-5-7-30(29)39(54)56-32/h4-12,15-17,20-23,26H,13-14,18-19H2,1-3H3/b32-17-. The van der Waals surface area contributed by atoms with Gasteiger partial charge in [0.2, 0.25) is 11.8 Å². The van der Waals surface area contributed by atoms with Crippen molar-refractivity contribution in [2.75, 3.05) is 12.0 Å². The summed E-state index contributed by atoms with van der Waals surface area (Å²) in [5, 5.41) is 0. The Hall–Kier alpha value is -6.51. The number of fused-ring (bicyclic) bond motifs is 1. The number of benzene rings is 3. The topological polar surface area (TPSA) is 121 Å². The summed E-state index contributed by atoms with van der Waals surface area (Å²) in [4.78, 5) is 40.8. The van der Waals surface area contributed by atoms with Gasteiger partial charge in [-0.05, 0) is 62.1 Å². The maximum atomic E-state index is 15.7. The van der Waals surface area contributed by atoms with Crippen LogP contribution in [0.1, 0.15) is 82.6 Å². The van der Waals surface area contributed by atoms with E-state index in [1.807, 2.05) is 0 Å². The van der Waals surface area contributed by atoms with Crippen LogP contribution in [0.15, 0.2) is 85.6 Å². The number of carbonyl (C=O) groups is 1. The lowest BCUT2D eigenvalue weighted by atomic mass is 10.0. The van der Waals surface area contributed by atoms with Gasteiger partial charge in [-0.25, -0.2) is 34.1 Å². The van der Waals surface area contributed by atoms with Gasteiger partial charge in [-0.3, -0.25) is 0 Å². The van der Waals surface area contributed by atoms with E-state index in [-0.39, 0.29) is 42.6 Å². The number of hydrogen-bond acceptors (Lipinski definition) is 10. The van der Waals surface area contributed by atoms with Crippen molar-refractivity contribution in [3.8, 4) is 28.7 Å². The van der Waals surface area contributed by atoms with E-state index in [0.717, 1.165) is 30.3 Å². The second-order valence-corrected chi connectivity index (χ2v) is 13.8. The van der Waals surface area contributed by atoms with E-state index in [2.05, 4.69) is 24.9 Å². The number of alkyl halides is 3. The number of ether oxygens (including phenoxy) is 2. The number of esters is 1. The van der Waals surface area contributed by atoms with E-state index in [1.165, 1.54) is 30.4 Å². The molecule has 1 fully saturated rings. The molecule has 56 heavy (non-hydrogen) atoms. The van der Waals surface area contributed by atoms with Crippen LogP contribution in [0.3, 0.4) is 0 Å². The molecule has 2 aliphatic rings. The summed E-state index contributed by atoms with van der Waals surface area (Å²) in [6.07, 6.45) is 2.83. The molecular weight excluding hydrogens is 728 g/mol. The lowest BCUT2D eigenvalue weighted by Gasteiger charge is -2.24. The van der Waals surface area contributed by atoms with E-state index >= 15 is 4.39 Å². The van der Waals surface area contributed by atoms with E-state index in [4.69, 9.17) is 14.5 Å². The Morgan fingerprint density at radius 1 is 0.946 bits per heavy atom. The van der Waals surface area contributed by atoms with Crippen molar-refractivity contribution in [3.63, 3.8) is 0 Å². The smallest absolute Gasteiger partial charge is 0.434 e. The number of carbonyl (C=O) groups excluding carboxylic acids is 1. The molecule has 4 heterocycles. The van der Waals surface area contributed by atoms with Crippen LogP contribution in [0.25, 0.3) is 34.6 Å². The van der Waals surface area contributed by atoms with Gasteiger partial charge in [0.05, 0.1) is 18.4 Å². The minimum atomic E-state index is -4.59. The Kier molecular flexibility index (Phi) is 9.52. The molecule has 11 nitrogen and oxygen atoms in total. The molecule has 0 amide bonds. The van der Waals surface area contributed by atoms with Gasteiger partial charge in [-0.1, -0.05) is 48.5 Å². The fourth-order valence-corrected chi connectivity index (χ4v) is 6.64. The minimum absolute atomic E-state index is 0.00493. The van der Waals surface area contributed by atoms with Crippen molar-refractivity contribution in [3.05, 3.63) is 131 Å². The summed E-state index contributed by atoms with van der Waals surface area (Å²) in [6.45, 7) is 3.74. The first-order valence-corrected chi connectivity index (χ1v) is 17.9. The largest absolute Gasteiger partial charge is 0.480 e. The Bertz CT molecular complexity index is 2480. The maximum absolute atomic E-state index is 15.7. The zero-order valence-corrected chi connectivity index (χ0v) is 30.5. The number of rotatable bonds is 11. The minimum Gasteiger partial charge on any atom is -0.480 e. The first kappa shape index (κ1) is 36.5. The van der Waals surface area contributed by atoms with Gasteiger partial charge in [0.15, 0.2) is 11.5 Å². The summed E-state index contributed by atoms with van der Waals surface area (Å²) in [6, 6.07) is 18.3. The van der Waals surface area contributed by atoms with Gasteiger partial charge in [0.25, 0.3) is 0 Å². The molecular formula is C41H34F4N8O3. The lowest BCUT2D eigenvalue weighted by molar-refractivity contribution is -0.140. The molecule has 3 aromatic heterocycles. The van der Waals surface area contributed by atoms with Crippen LogP contribution in [-0.4, -0.2) is 47.6 Å². The van der Waals surface area contributed by atoms with Crippen LogP contribution >= 0.6 is 0 Å². The molecule has 15 heteroatoms. The Balaban J connectivity index is 1.16.